The number of ketones is 1. The molecule has 1 aliphatic rings. The third kappa shape index (κ3) is 3.21. The summed E-state index contributed by atoms with van der Waals surface area (Å²) in [5.41, 5.74) is 5.50. The number of aryl methyl sites for hydroxylation is 1. The van der Waals surface area contributed by atoms with Crippen LogP contribution in [0.25, 0.3) is 11.1 Å². The number of aliphatic imine (C=N–C) groups is 1. The van der Waals surface area contributed by atoms with Crippen LogP contribution in [0.15, 0.2) is 59.5 Å². The Bertz CT molecular complexity index is 1050. The number of Topliss-reactive ketones (excluding diaryl/α,β-unsaturated/α-hetero) is 1. The van der Waals surface area contributed by atoms with E-state index in [0.717, 1.165) is 28.2 Å². The molecular weight excluding hydrogens is 338 g/mol. The number of rotatable bonds is 4. The Labute approximate surface area is 157 Å². The number of allylic oxidation sites excluding steroid dienone is 2. The molecule has 0 saturated carbocycles. The molecule has 1 aliphatic heterocycles. The zero-order valence-corrected chi connectivity index (χ0v) is 15.6. The molecular formula is C21H21N5O. The number of hydrogen-bond donors (Lipinski definition) is 1. The maximum Gasteiger partial charge on any atom is 0.194 e. The van der Waals surface area contributed by atoms with Gasteiger partial charge in [-0.1, -0.05) is 6.08 Å². The Balaban J connectivity index is 1.61. The Hall–Kier alpha value is -3.41. The summed E-state index contributed by atoms with van der Waals surface area (Å²) in [5, 5.41) is 4.24. The Morgan fingerprint density at radius 1 is 1.22 bits per heavy atom. The molecule has 2 aromatic heterocycles. The van der Waals surface area contributed by atoms with Gasteiger partial charge in [-0.3, -0.25) is 9.48 Å². The summed E-state index contributed by atoms with van der Waals surface area (Å²) in [4.78, 5) is 22.6. The fourth-order valence-electron chi connectivity index (χ4n) is 3.21. The van der Waals surface area contributed by atoms with Gasteiger partial charge in [-0.15, -0.1) is 0 Å². The molecule has 3 aromatic rings. The van der Waals surface area contributed by atoms with Gasteiger partial charge in [0.05, 0.1) is 6.20 Å². The highest BCUT2D eigenvalue weighted by Crippen LogP contribution is 2.33. The van der Waals surface area contributed by atoms with Crippen molar-refractivity contribution in [1.82, 2.24) is 14.8 Å². The molecule has 0 atom stereocenters. The van der Waals surface area contributed by atoms with Crippen molar-refractivity contribution in [2.75, 3.05) is 19.0 Å². The Morgan fingerprint density at radius 2 is 2.00 bits per heavy atom. The van der Waals surface area contributed by atoms with Crippen molar-refractivity contribution in [3.63, 3.8) is 0 Å². The summed E-state index contributed by atoms with van der Waals surface area (Å²) >= 11 is 0. The first kappa shape index (κ1) is 17.0. The summed E-state index contributed by atoms with van der Waals surface area (Å²) in [6, 6.07) is 7.62. The number of H-pyrrole nitrogens is 1. The Kier molecular flexibility index (Phi) is 4.24. The van der Waals surface area contributed by atoms with Gasteiger partial charge in [0.25, 0.3) is 0 Å². The molecule has 136 valence electrons. The van der Waals surface area contributed by atoms with E-state index in [9.17, 15) is 4.79 Å². The fraction of sp³-hybridized carbons (Fsp3) is 0.190. The molecule has 0 bridgehead atoms. The van der Waals surface area contributed by atoms with Crippen LogP contribution in [0.2, 0.25) is 0 Å². The number of nitrogens with zero attached hydrogens (tertiary/aromatic N) is 4. The number of anilines is 1. The van der Waals surface area contributed by atoms with Crippen LogP contribution in [0.5, 0.6) is 0 Å². The van der Waals surface area contributed by atoms with Crippen molar-refractivity contribution in [1.29, 1.82) is 0 Å². The van der Waals surface area contributed by atoms with E-state index in [1.165, 1.54) is 0 Å². The number of aromatic nitrogens is 3. The van der Waals surface area contributed by atoms with Crippen molar-refractivity contribution < 1.29 is 4.79 Å². The number of nitrogens with one attached hydrogen (secondary N) is 1. The van der Waals surface area contributed by atoms with Gasteiger partial charge in [0.1, 0.15) is 5.82 Å². The first-order valence-electron chi connectivity index (χ1n) is 8.78. The lowest BCUT2D eigenvalue weighted by molar-refractivity contribution is 0.104. The monoisotopic (exact) mass is 359 g/mol. The van der Waals surface area contributed by atoms with E-state index in [4.69, 9.17) is 0 Å². The van der Waals surface area contributed by atoms with Gasteiger partial charge in [0.15, 0.2) is 5.78 Å². The van der Waals surface area contributed by atoms with Crippen LogP contribution in [-0.2, 0) is 13.5 Å². The normalized spacial score (nSPS) is 13.1. The molecule has 1 N–H and O–H groups in total. The molecule has 0 aliphatic carbocycles. The lowest BCUT2D eigenvalue weighted by Gasteiger charge is -2.12. The third-order valence-electron chi connectivity index (χ3n) is 4.75. The van der Waals surface area contributed by atoms with Gasteiger partial charge in [-0.2, -0.15) is 5.10 Å². The van der Waals surface area contributed by atoms with Crippen molar-refractivity contribution in [2.45, 2.75) is 6.42 Å². The Morgan fingerprint density at radius 3 is 2.67 bits per heavy atom. The fourth-order valence-corrected chi connectivity index (χ4v) is 3.21. The molecule has 27 heavy (non-hydrogen) atoms. The number of hydrogen-bond acceptors (Lipinski definition) is 4. The minimum atomic E-state index is -0.0165. The average Bonchev–Trinajstić information content (AvgIpc) is 3.21. The molecule has 0 amide bonds. The topological polar surface area (TPSA) is 66.3 Å². The first-order valence-corrected chi connectivity index (χ1v) is 8.78. The van der Waals surface area contributed by atoms with Crippen molar-refractivity contribution >= 4 is 23.5 Å². The molecule has 0 radical (unpaired) electrons. The largest absolute Gasteiger partial charge is 0.378 e. The van der Waals surface area contributed by atoms with Crippen molar-refractivity contribution in [2.24, 2.45) is 12.0 Å². The average molecular weight is 359 g/mol. The SMILES string of the molecule is CN(C)c1ccc(C(=O)C2=CCc3c(-c4cnn(C)c4)c[nH]c3N=C2)cc1. The van der Waals surface area contributed by atoms with E-state index < -0.39 is 0 Å². The van der Waals surface area contributed by atoms with Crippen LogP contribution in [0.1, 0.15) is 15.9 Å². The smallest absolute Gasteiger partial charge is 0.194 e. The van der Waals surface area contributed by atoms with E-state index in [1.54, 1.807) is 10.9 Å². The quantitative estimate of drug-likeness (QED) is 0.725. The molecule has 0 spiro atoms. The van der Waals surface area contributed by atoms with Crippen LogP contribution < -0.4 is 4.90 Å². The molecule has 6 nitrogen and oxygen atoms in total. The second kappa shape index (κ2) is 6.72. The summed E-state index contributed by atoms with van der Waals surface area (Å²) < 4.78 is 1.77. The molecule has 0 fully saturated rings. The lowest BCUT2D eigenvalue weighted by atomic mass is 10.0. The zero-order valence-electron chi connectivity index (χ0n) is 15.6. The van der Waals surface area contributed by atoms with Crippen LogP contribution in [0.4, 0.5) is 11.5 Å². The summed E-state index contributed by atoms with van der Waals surface area (Å²) in [6.45, 7) is 0. The van der Waals surface area contributed by atoms with Gasteiger partial charge in [-0.05, 0) is 30.7 Å². The zero-order chi connectivity index (χ0) is 19.0. The van der Waals surface area contributed by atoms with E-state index in [0.29, 0.717) is 17.6 Å². The van der Waals surface area contributed by atoms with Crippen molar-refractivity contribution in [3.05, 3.63) is 65.6 Å². The minimum Gasteiger partial charge on any atom is -0.378 e. The number of benzene rings is 1. The number of carbonyl (C=O) groups excluding carboxylic acids is 1. The highest BCUT2D eigenvalue weighted by Gasteiger charge is 2.18. The molecule has 0 saturated heterocycles. The molecule has 6 heteroatoms. The maximum absolute atomic E-state index is 12.9. The lowest BCUT2D eigenvalue weighted by Crippen LogP contribution is -2.09. The van der Waals surface area contributed by atoms with Gasteiger partial charge in [0.2, 0.25) is 0 Å². The predicted molar refractivity (Wildman–Crippen MR) is 108 cm³/mol. The van der Waals surface area contributed by atoms with Crippen LogP contribution in [0.3, 0.4) is 0 Å². The maximum atomic E-state index is 12.9. The number of aromatic amines is 1. The van der Waals surface area contributed by atoms with E-state index >= 15 is 0 Å². The highest BCUT2D eigenvalue weighted by atomic mass is 16.1. The predicted octanol–water partition coefficient (Wildman–Crippen LogP) is 3.55. The molecule has 0 unspecified atom stereocenters. The standard InChI is InChI=1S/C21H21N5O/c1-25(2)17-7-4-14(5-8-17)20(27)15-6-9-18-19(12-23-21(18)22-10-15)16-11-24-26(3)13-16/h4-8,10-13,23H,9H2,1-3H3. The summed E-state index contributed by atoms with van der Waals surface area (Å²) in [7, 11) is 5.85. The highest BCUT2D eigenvalue weighted by molar-refractivity contribution is 6.21. The number of carbonyl (C=O) groups is 1. The number of fused-ring (bicyclic) bond motifs is 1. The summed E-state index contributed by atoms with van der Waals surface area (Å²) in [6.07, 6.45) is 9.99. The van der Waals surface area contributed by atoms with Gasteiger partial charge < -0.3 is 9.88 Å². The van der Waals surface area contributed by atoms with Gasteiger partial charge in [0, 0.05) is 73.3 Å². The first-order chi connectivity index (χ1) is 13.0. The van der Waals surface area contributed by atoms with E-state index in [1.807, 2.05) is 75.0 Å². The van der Waals surface area contributed by atoms with E-state index in [-0.39, 0.29) is 5.78 Å². The second-order valence-electron chi connectivity index (χ2n) is 6.82. The summed E-state index contributed by atoms with van der Waals surface area (Å²) in [5.74, 6) is 0.771. The minimum absolute atomic E-state index is 0.0165. The third-order valence-corrected chi connectivity index (χ3v) is 4.75. The second-order valence-corrected chi connectivity index (χ2v) is 6.82. The van der Waals surface area contributed by atoms with Gasteiger partial charge in [-0.25, -0.2) is 4.99 Å². The molecule has 3 heterocycles. The molecule has 1 aromatic carbocycles. The molecule has 4 rings (SSSR count). The van der Waals surface area contributed by atoms with Crippen molar-refractivity contribution in [3.8, 4) is 11.1 Å². The van der Waals surface area contributed by atoms with Crippen LogP contribution in [-0.4, -0.2) is 40.9 Å². The van der Waals surface area contributed by atoms with Gasteiger partial charge >= 0.3 is 0 Å². The van der Waals surface area contributed by atoms with Crippen LogP contribution in [0, 0.1) is 0 Å². The van der Waals surface area contributed by atoms with E-state index in [2.05, 4.69) is 15.1 Å². The van der Waals surface area contributed by atoms with Crippen LogP contribution >= 0.6 is 0 Å².